The number of nitrogens with one attached hydrogen (secondary N) is 1. The van der Waals surface area contributed by atoms with E-state index in [-0.39, 0.29) is 5.78 Å². The Labute approximate surface area is 179 Å². The Kier molecular flexibility index (Phi) is 6.03. The van der Waals surface area contributed by atoms with Crippen LogP contribution in [0.5, 0.6) is 0 Å². The van der Waals surface area contributed by atoms with Crippen LogP contribution in [-0.2, 0) is 11.2 Å². The fourth-order valence-electron chi connectivity index (χ4n) is 3.39. The van der Waals surface area contributed by atoms with Crippen molar-refractivity contribution in [1.82, 2.24) is 19.9 Å². The maximum Gasteiger partial charge on any atom is 0.407 e. The predicted molar refractivity (Wildman–Crippen MR) is 117 cm³/mol. The minimum Gasteiger partial charge on any atom is -0.450 e. The highest BCUT2D eigenvalue weighted by Crippen LogP contribution is 2.23. The van der Waals surface area contributed by atoms with Gasteiger partial charge in [0.15, 0.2) is 11.4 Å². The summed E-state index contributed by atoms with van der Waals surface area (Å²) in [7, 11) is 0. The van der Waals surface area contributed by atoms with Gasteiger partial charge in [-0.15, -0.1) is 0 Å². The number of ether oxygens (including phenoxy) is 1. The van der Waals surface area contributed by atoms with Gasteiger partial charge in [0.05, 0.1) is 24.1 Å². The third kappa shape index (κ3) is 4.45. The highest BCUT2D eigenvalue weighted by molar-refractivity contribution is 6.12. The second-order valence-corrected chi connectivity index (χ2v) is 6.92. The van der Waals surface area contributed by atoms with Gasteiger partial charge in [0.1, 0.15) is 0 Å². The smallest absolute Gasteiger partial charge is 0.407 e. The SMILES string of the molecule is CCOC(=O)NCCc1cccc(-c2ccnc3c(C(=O)c4ccccc4)cnn23)c1. The number of aromatic nitrogens is 3. The van der Waals surface area contributed by atoms with Crippen LogP contribution in [0.2, 0.25) is 0 Å². The molecule has 0 spiro atoms. The number of carbonyl (C=O) groups excluding carboxylic acids is 2. The number of ketones is 1. The van der Waals surface area contributed by atoms with E-state index in [9.17, 15) is 9.59 Å². The first-order chi connectivity index (χ1) is 15.2. The Morgan fingerprint density at radius 2 is 1.90 bits per heavy atom. The number of amides is 1. The lowest BCUT2D eigenvalue weighted by molar-refractivity contribution is 0.104. The summed E-state index contributed by atoms with van der Waals surface area (Å²) in [5, 5.41) is 7.16. The highest BCUT2D eigenvalue weighted by Gasteiger charge is 2.17. The van der Waals surface area contributed by atoms with Crippen LogP contribution in [0.1, 0.15) is 28.4 Å². The van der Waals surface area contributed by atoms with E-state index in [4.69, 9.17) is 4.74 Å². The molecule has 0 saturated heterocycles. The van der Waals surface area contributed by atoms with Crippen molar-refractivity contribution < 1.29 is 14.3 Å². The van der Waals surface area contributed by atoms with Gasteiger partial charge in [0.2, 0.25) is 0 Å². The van der Waals surface area contributed by atoms with Gasteiger partial charge in [0.25, 0.3) is 0 Å². The van der Waals surface area contributed by atoms with Crippen LogP contribution < -0.4 is 5.32 Å². The minimum atomic E-state index is -0.415. The van der Waals surface area contributed by atoms with Crippen molar-refractivity contribution in [2.24, 2.45) is 0 Å². The Morgan fingerprint density at radius 3 is 2.71 bits per heavy atom. The second-order valence-electron chi connectivity index (χ2n) is 6.92. The molecule has 2 aromatic heterocycles. The summed E-state index contributed by atoms with van der Waals surface area (Å²) < 4.78 is 6.57. The van der Waals surface area contributed by atoms with Gasteiger partial charge in [-0.25, -0.2) is 14.3 Å². The zero-order valence-electron chi connectivity index (χ0n) is 17.1. The van der Waals surface area contributed by atoms with E-state index in [1.54, 1.807) is 36.0 Å². The summed E-state index contributed by atoms with van der Waals surface area (Å²) in [6, 6.07) is 19.0. The van der Waals surface area contributed by atoms with Gasteiger partial charge in [-0.1, -0.05) is 48.5 Å². The second kappa shape index (κ2) is 9.21. The number of nitrogens with zero attached hydrogens (tertiary/aromatic N) is 3. The number of hydrogen-bond donors (Lipinski definition) is 1. The van der Waals surface area contributed by atoms with E-state index in [1.807, 2.05) is 48.5 Å². The van der Waals surface area contributed by atoms with Crippen molar-refractivity contribution in [3.05, 3.63) is 89.7 Å². The minimum absolute atomic E-state index is 0.112. The summed E-state index contributed by atoms with van der Waals surface area (Å²) >= 11 is 0. The van der Waals surface area contributed by atoms with Crippen LogP contribution in [0.25, 0.3) is 16.9 Å². The van der Waals surface area contributed by atoms with Crippen molar-refractivity contribution in [2.75, 3.05) is 13.2 Å². The van der Waals surface area contributed by atoms with E-state index < -0.39 is 6.09 Å². The number of fused-ring (bicyclic) bond motifs is 1. The Morgan fingerprint density at radius 1 is 1.06 bits per heavy atom. The average Bonchev–Trinajstić information content (AvgIpc) is 3.24. The molecule has 1 amide bonds. The van der Waals surface area contributed by atoms with Crippen LogP contribution in [0.3, 0.4) is 0 Å². The van der Waals surface area contributed by atoms with Crippen LogP contribution in [0, 0.1) is 0 Å². The lowest BCUT2D eigenvalue weighted by atomic mass is 10.0. The number of benzene rings is 2. The maximum atomic E-state index is 12.9. The zero-order valence-corrected chi connectivity index (χ0v) is 17.1. The number of rotatable bonds is 7. The molecule has 7 heteroatoms. The van der Waals surface area contributed by atoms with Crippen molar-refractivity contribution in [2.45, 2.75) is 13.3 Å². The number of hydrogen-bond acceptors (Lipinski definition) is 5. The molecule has 0 aliphatic rings. The van der Waals surface area contributed by atoms with Crippen molar-refractivity contribution in [1.29, 1.82) is 0 Å². The number of alkyl carbamates (subject to hydrolysis) is 1. The molecule has 7 nitrogen and oxygen atoms in total. The molecule has 0 unspecified atom stereocenters. The standard InChI is InChI=1S/C24H22N4O3/c1-2-31-24(30)26-13-11-17-7-6-10-19(15-17)21-12-14-25-23-20(16-27-28(21)23)22(29)18-8-4-3-5-9-18/h3-10,12,14-16H,2,11,13H2,1H3,(H,26,30). The molecule has 2 heterocycles. The quantitative estimate of drug-likeness (QED) is 0.463. The molecule has 0 bridgehead atoms. The van der Waals surface area contributed by atoms with Crippen molar-refractivity contribution >= 4 is 17.5 Å². The largest absolute Gasteiger partial charge is 0.450 e. The molecular formula is C24H22N4O3. The maximum absolute atomic E-state index is 12.9. The van der Waals surface area contributed by atoms with Gasteiger partial charge in [-0.3, -0.25) is 4.79 Å². The first-order valence-corrected chi connectivity index (χ1v) is 10.1. The zero-order chi connectivity index (χ0) is 21.6. The molecule has 1 N–H and O–H groups in total. The van der Waals surface area contributed by atoms with Gasteiger partial charge >= 0.3 is 6.09 Å². The topological polar surface area (TPSA) is 85.6 Å². The first-order valence-electron chi connectivity index (χ1n) is 10.1. The van der Waals surface area contributed by atoms with Gasteiger partial charge in [-0.2, -0.15) is 5.10 Å². The summed E-state index contributed by atoms with van der Waals surface area (Å²) in [5.41, 5.74) is 4.41. The molecule has 2 aromatic carbocycles. The molecule has 4 rings (SSSR count). The van der Waals surface area contributed by atoms with Gasteiger partial charge in [0, 0.05) is 23.9 Å². The van der Waals surface area contributed by atoms with Crippen LogP contribution in [-0.4, -0.2) is 39.6 Å². The lowest BCUT2D eigenvalue weighted by Crippen LogP contribution is -2.26. The van der Waals surface area contributed by atoms with E-state index in [1.165, 1.54) is 0 Å². The fraction of sp³-hybridized carbons (Fsp3) is 0.167. The average molecular weight is 414 g/mol. The van der Waals surface area contributed by atoms with E-state index in [2.05, 4.69) is 15.4 Å². The Hall–Kier alpha value is -4.00. The molecule has 0 aliphatic heterocycles. The van der Waals surface area contributed by atoms with Crippen LogP contribution >= 0.6 is 0 Å². The van der Waals surface area contributed by atoms with Gasteiger partial charge < -0.3 is 10.1 Å². The first kappa shape index (κ1) is 20.3. The third-order valence-electron chi connectivity index (χ3n) is 4.86. The molecule has 0 saturated carbocycles. The van der Waals surface area contributed by atoms with E-state index >= 15 is 0 Å². The van der Waals surface area contributed by atoms with Crippen molar-refractivity contribution in [3.8, 4) is 11.3 Å². The van der Waals surface area contributed by atoms with Gasteiger partial charge in [-0.05, 0) is 31.0 Å². The monoisotopic (exact) mass is 414 g/mol. The van der Waals surface area contributed by atoms with Crippen LogP contribution in [0.4, 0.5) is 4.79 Å². The molecule has 0 radical (unpaired) electrons. The summed E-state index contributed by atoms with van der Waals surface area (Å²) in [4.78, 5) is 28.8. The third-order valence-corrected chi connectivity index (χ3v) is 4.86. The molecule has 31 heavy (non-hydrogen) atoms. The molecule has 0 aliphatic carbocycles. The number of carbonyl (C=O) groups is 2. The lowest BCUT2D eigenvalue weighted by Gasteiger charge is -2.09. The van der Waals surface area contributed by atoms with E-state index in [0.29, 0.717) is 36.3 Å². The van der Waals surface area contributed by atoms with Crippen LogP contribution in [0.15, 0.2) is 73.1 Å². The summed E-state index contributed by atoms with van der Waals surface area (Å²) in [6.07, 6.45) is 3.50. The normalized spacial score (nSPS) is 10.7. The molecule has 156 valence electrons. The molecule has 0 atom stereocenters. The van der Waals surface area contributed by atoms with E-state index in [0.717, 1.165) is 16.8 Å². The molecule has 0 fully saturated rings. The molecular weight excluding hydrogens is 392 g/mol. The Balaban J connectivity index is 1.60. The highest BCUT2D eigenvalue weighted by atomic mass is 16.5. The summed E-state index contributed by atoms with van der Waals surface area (Å²) in [6.45, 7) is 2.59. The predicted octanol–water partition coefficient (Wildman–Crippen LogP) is 3.92. The summed E-state index contributed by atoms with van der Waals surface area (Å²) in [5.74, 6) is -0.112. The molecule has 4 aromatic rings. The Bertz CT molecular complexity index is 1220. The van der Waals surface area contributed by atoms with Crippen molar-refractivity contribution in [3.63, 3.8) is 0 Å². The fourth-order valence-corrected chi connectivity index (χ4v) is 3.39.